The molecule has 0 atom stereocenters. The number of nitro benzene ring substituents is 1. The Labute approximate surface area is 162 Å². The molecule has 128 valence electrons. The fourth-order valence-electron chi connectivity index (χ4n) is 2.50. The second kappa shape index (κ2) is 7.07. The smallest absolute Gasteiger partial charge is 0.258 e. The van der Waals surface area contributed by atoms with Crippen LogP contribution in [0.3, 0.4) is 0 Å². The first-order valence-corrected chi connectivity index (χ1v) is 9.69. The molecule has 0 bridgehead atoms. The Morgan fingerprint density at radius 2 is 1.81 bits per heavy atom. The van der Waals surface area contributed by atoms with Crippen LogP contribution < -0.4 is 0 Å². The lowest BCUT2D eigenvalue weighted by atomic mass is 10.2. The van der Waals surface area contributed by atoms with Gasteiger partial charge in [-0.15, -0.1) is 11.3 Å². The van der Waals surface area contributed by atoms with E-state index in [1.165, 1.54) is 23.1 Å². The number of nitro groups is 1. The van der Waals surface area contributed by atoms with Gasteiger partial charge in [0.25, 0.3) is 5.69 Å². The Bertz CT molecular complexity index is 1080. The summed E-state index contributed by atoms with van der Waals surface area (Å²) in [7, 11) is 0. The number of halogens is 1. The van der Waals surface area contributed by atoms with Crippen molar-refractivity contribution in [3.05, 3.63) is 81.9 Å². The molecule has 7 heteroatoms. The quantitative estimate of drug-likeness (QED) is 0.284. The fourth-order valence-corrected chi connectivity index (χ4v) is 4.49. The molecule has 0 saturated heterocycles. The van der Waals surface area contributed by atoms with E-state index in [1.54, 1.807) is 24.3 Å². The monoisotopic (exact) mass is 398 g/mol. The third-order valence-corrected chi connectivity index (χ3v) is 6.15. The van der Waals surface area contributed by atoms with Crippen LogP contribution in [0.15, 0.2) is 76.5 Å². The van der Waals surface area contributed by atoms with Gasteiger partial charge in [-0.1, -0.05) is 41.6 Å². The summed E-state index contributed by atoms with van der Waals surface area (Å²) in [5, 5.41) is 13.0. The lowest BCUT2D eigenvalue weighted by molar-refractivity contribution is -0.387. The largest absolute Gasteiger partial charge is 0.283 e. The topological polar surface area (TPSA) is 56.0 Å². The van der Waals surface area contributed by atoms with Gasteiger partial charge in [0.1, 0.15) is 5.01 Å². The maximum Gasteiger partial charge on any atom is 0.283 e. The molecule has 4 nitrogen and oxygen atoms in total. The Hall–Kier alpha value is -2.41. The van der Waals surface area contributed by atoms with Crippen molar-refractivity contribution in [3.63, 3.8) is 0 Å². The minimum absolute atomic E-state index is 0.0710. The van der Waals surface area contributed by atoms with Crippen LogP contribution in [0.2, 0.25) is 5.02 Å². The van der Waals surface area contributed by atoms with Crippen LogP contribution in [0.4, 0.5) is 5.69 Å². The van der Waals surface area contributed by atoms with E-state index < -0.39 is 0 Å². The zero-order chi connectivity index (χ0) is 18.1. The molecule has 0 radical (unpaired) electrons. The van der Waals surface area contributed by atoms with Gasteiger partial charge in [-0.05, 0) is 42.5 Å². The Morgan fingerprint density at radius 3 is 2.54 bits per heavy atom. The van der Waals surface area contributed by atoms with Gasteiger partial charge >= 0.3 is 0 Å². The summed E-state index contributed by atoms with van der Waals surface area (Å²) in [5.74, 6) is 0. The van der Waals surface area contributed by atoms with Gasteiger partial charge in [-0.2, -0.15) is 0 Å². The van der Waals surface area contributed by atoms with Crippen LogP contribution in [0, 0.1) is 10.1 Å². The van der Waals surface area contributed by atoms with E-state index in [-0.39, 0.29) is 10.6 Å². The number of nitrogens with zero attached hydrogens (tertiary/aromatic N) is 2. The summed E-state index contributed by atoms with van der Waals surface area (Å²) in [4.78, 5) is 17.3. The molecular weight excluding hydrogens is 388 g/mol. The molecule has 0 unspecified atom stereocenters. The molecule has 4 rings (SSSR count). The molecule has 0 aliphatic rings. The lowest BCUT2D eigenvalue weighted by Gasteiger charge is -2.05. The zero-order valence-corrected chi connectivity index (χ0v) is 15.6. The highest BCUT2D eigenvalue weighted by molar-refractivity contribution is 7.99. The van der Waals surface area contributed by atoms with Crippen LogP contribution in [-0.4, -0.2) is 9.91 Å². The van der Waals surface area contributed by atoms with Crippen molar-refractivity contribution in [1.29, 1.82) is 0 Å². The SMILES string of the molecule is O=[N+]([O-])c1cc(-c2nc3ccccc3s2)ccc1Sc1ccc(Cl)cc1. The minimum Gasteiger partial charge on any atom is -0.258 e. The van der Waals surface area contributed by atoms with Crippen molar-refractivity contribution in [2.75, 3.05) is 0 Å². The summed E-state index contributed by atoms with van der Waals surface area (Å²) < 4.78 is 1.06. The molecule has 0 fully saturated rings. The van der Waals surface area contributed by atoms with Gasteiger partial charge in [0.15, 0.2) is 0 Å². The van der Waals surface area contributed by atoms with E-state index in [4.69, 9.17) is 11.6 Å². The summed E-state index contributed by atoms with van der Waals surface area (Å²) >= 11 is 8.77. The molecule has 0 saturated carbocycles. The molecule has 0 spiro atoms. The number of hydrogen-bond donors (Lipinski definition) is 0. The van der Waals surface area contributed by atoms with Crippen LogP contribution in [0.1, 0.15) is 0 Å². The van der Waals surface area contributed by atoms with Crippen LogP contribution >= 0.6 is 34.7 Å². The van der Waals surface area contributed by atoms with Crippen molar-refractivity contribution in [2.24, 2.45) is 0 Å². The van der Waals surface area contributed by atoms with Gasteiger partial charge < -0.3 is 0 Å². The number of hydrogen-bond acceptors (Lipinski definition) is 5. The van der Waals surface area contributed by atoms with Crippen molar-refractivity contribution < 1.29 is 4.92 Å². The zero-order valence-electron chi connectivity index (χ0n) is 13.3. The van der Waals surface area contributed by atoms with Crippen molar-refractivity contribution >= 4 is 50.6 Å². The third-order valence-electron chi connectivity index (χ3n) is 3.74. The van der Waals surface area contributed by atoms with Crippen LogP contribution in [0.25, 0.3) is 20.8 Å². The molecule has 1 heterocycles. The van der Waals surface area contributed by atoms with E-state index in [0.29, 0.717) is 9.92 Å². The Morgan fingerprint density at radius 1 is 1.04 bits per heavy atom. The summed E-state index contributed by atoms with van der Waals surface area (Å²) in [5.41, 5.74) is 1.72. The number of para-hydroxylation sites is 1. The maximum atomic E-state index is 11.6. The molecule has 1 aromatic heterocycles. The van der Waals surface area contributed by atoms with Crippen molar-refractivity contribution in [2.45, 2.75) is 9.79 Å². The van der Waals surface area contributed by atoms with Gasteiger partial charge in [0.05, 0.1) is 20.0 Å². The second-order valence-electron chi connectivity index (χ2n) is 5.48. The highest BCUT2D eigenvalue weighted by Crippen LogP contribution is 2.39. The average Bonchev–Trinajstić information content (AvgIpc) is 3.08. The lowest BCUT2D eigenvalue weighted by Crippen LogP contribution is -1.92. The first kappa shape index (κ1) is 17.0. The molecule has 0 amide bonds. The molecule has 3 aromatic carbocycles. The Kier molecular flexibility index (Phi) is 4.63. The number of thiazole rings is 1. The van der Waals surface area contributed by atoms with E-state index in [0.717, 1.165) is 25.7 Å². The van der Waals surface area contributed by atoms with Gasteiger partial charge in [0.2, 0.25) is 0 Å². The highest BCUT2D eigenvalue weighted by Gasteiger charge is 2.18. The maximum absolute atomic E-state index is 11.6. The minimum atomic E-state index is -0.352. The molecule has 26 heavy (non-hydrogen) atoms. The summed E-state index contributed by atoms with van der Waals surface area (Å²) in [6.07, 6.45) is 0. The number of rotatable bonds is 4. The molecule has 0 aliphatic carbocycles. The standard InChI is InChI=1S/C19H11ClN2O2S2/c20-13-6-8-14(9-7-13)25-18-10-5-12(11-16(18)22(23)24)19-21-15-3-1-2-4-17(15)26-19/h1-11H. The molecular formula is C19H11ClN2O2S2. The number of fused-ring (bicyclic) bond motifs is 1. The predicted molar refractivity (Wildman–Crippen MR) is 107 cm³/mol. The van der Waals surface area contributed by atoms with Crippen LogP contribution in [-0.2, 0) is 0 Å². The third kappa shape index (κ3) is 3.44. The molecule has 4 aromatic rings. The number of benzene rings is 3. The van der Waals surface area contributed by atoms with E-state index in [1.807, 2.05) is 42.5 Å². The number of aromatic nitrogens is 1. The van der Waals surface area contributed by atoms with Gasteiger partial charge in [0, 0.05) is 21.5 Å². The van der Waals surface area contributed by atoms with Crippen LogP contribution in [0.5, 0.6) is 0 Å². The first-order chi connectivity index (χ1) is 12.6. The van der Waals surface area contributed by atoms with Crippen molar-refractivity contribution in [1.82, 2.24) is 4.98 Å². The van der Waals surface area contributed by atoms with Gasteiger partial charge in [-0.3, -0.25) is 10.1 Å². The molecule has 0 aliphatic heterocycles. The Balaban J connectivity index is 1.73. The van der Waals surface area contributed by atoms with Crippen molar-refractivity contribution in [3.8, 4) is 10.6 Å². The summed E-state index contributed by atoms with van der Waals surface area (Å²) in [6, 6.07) is 20.3. The average molecular weight is 399 g/mol. The summed E-state index contributed by atoms with van der Waals surface area (Å²) in [6.45, 7) is 0. The van der Waals surface area contributed by atoms with E-state index in [9.17, 15) is 10.1 Å². The van der Waals surface area contributed by atoms with Gasteiger partial charge in [-0.25, -0.2) is 4.98 Å². The normalized spacial score (nSPS) is 11.0. The first-order valence-electron chi connectivity index (χ1n) is 7.68. The second-order valence-corrected chi connectivity index (χ2v) is 8.06. The highest BCUT2D eigenvalue weighted by atomic mass is 35.5. The van der Waals surface area contributed by atoms with E-state index in [2.05, 4.69) is 4.98 Å². The predicted octanol–water partition coefficient (Wildman–Crippen LogP) is 6.68. The molecule has 0 N–H and O–H groups in total. The van der Waals surface area contributed by atoms with E-state index >= 15 is 0 Å². The fraction of sp³-hybridized carbons (Fsp3) is 0.